The number of hydrogen-bond acceptors (Lipinski definition) is 5. The largest absolute Gasteiger partial charge is 0.378 e. The molecule has 148 valence electrons. The van der Waals surface area contributed by atoms with E-state index in [2.05, 4.69) is 10.0 Å². The Balaban J connectivity index is 0.00000338. The molecule has 9 heteroatoms. The molecule has 0 aliphatic heterocycles. The minimum atomic E-state index is -3.32. The maximum atomic E-state index is 12.6. The second-order valence-corrected chi connectivity index (χ2v) is 8.89. The lowest BCUT2D eigenvalue weighted by atomic mass is 9.54. The molecule has 1 saturated carbocycles. The second kappa shape index (κ2) is 8.12. The van der Waals surface area contributed by atoms with Crippen LogP contribution in [0.25, 0.3) is 0 Å². The summed E-state index contributed by atoms with van der Waals surface area (Å²) in [5.41, 5.74) is 5.87. The van der Waals surface area contributed by atoms with Crippen LogP contribution >= 0.6 is 12.4 Å². The van der Waals surface area contributed by atoms with E-state index in [9.17, 15) is 13.2 Å². The van der Waals surface area contributed by atoms with Crippen LogP contribution < -0.4 is 15.8 Å². The van der Waals surface area contributed by atoms with Gasteiger partial charge in [-0.15, -0.1) is 12.4 Å². The van der Waals surface area contributed by atoms with E-state index >= 15 is 0 Å². The van der Waals surface area contributed by atoms with E-state index < -0.39 is 21.0 Å². The molecular weight excluding hydrogens is 378 g/mol. The summed E-state index contributed by atoms with van der Waals surface area (Å²) < 4.78 is 31.2. The molecule has 2 unspecified atom stereocenters. The van der Waals surface area contributed by atoms with Crippen molar-refractivity contribution in [3.05, 3.63) is 24.3 Å². The zero-order valence-corrected chi connectivity index (χ0v) is 17.2. The van der Waals surface area contributed by atoms with Crippen LogP contribution in [-0.2, 0) is 19.6 Å². The van der Waals surface area contributed by atoms with Gasteiger partial charge in [0.25, 0.3) is 0 Å². The van der Waals surface area contributed by atoms with Gasteiger partial charge in [-0.2, -0.15) is 0 Å². The third-order valence-electron chi connectivity index (χ3n) is 5.03. The van der Waals surface area contributed by atoms with Crippen LogP contribution in [0.15, 0.2) is 24.3 Å². The van der Waals surface area contributed by atoms with Gasteiger partial charge in [-0.1, -0.05) is 13.8 Å². The van der Waals surface area contributed by atoms with Crippen LogP contribution in [0, 0.1) is 5.41 Å². The highest BCUT2D eigenvalue weighted by molar-refractivity contribution is 7.92. The minimum absolute atomic E-state index is 0. The number of amides is 1. The molecule has 26 heavy (non-hydrogen) atoms. The monoisotopic (exact) mass is 405 g/mol. The van der Waals surface area contributed by atoms with Gasteiger partial charge in [-0.25, -0.2) is 8.42 Å². The molecule has 1 amide bonds. The van der Waals surface area contributed by atoms with Crippen LogP contribution in [0.2, 0.25) is 0 Å². The summed E-state index contributed by atoms with van der Waals surface area (Å²) in [6.07, 6.45) is 0.424. The van der Waals surface area contributed by atoms with Gasteiger partial charge in [-0.05, 0) is 38.1 Å². The van der Waals surface area contributed by atoms with Crippen LogP contribution in [0.3, 0.4) is 0 Å². The molecule has 0 heterocycles. The van der Waals surface area contributed by atoms with Crippen LogP contribution in [0.1, 0.15) is 34.1 Å². The Morgan fingerprint density at radius 1 is 1.23 bits per heavy atom. The topological polar surface area (TPSA) is 111 Å². The number of anilines is 2. The fraction of sp³-hybridized carbons (Fsp3) is 0.588. The molecule has 1 fully saturated rings. The molecule has 1 aliphatic rings. The quantitative estimate of drug-likeness (QED) is 0.644. The van der Waals surface area contributed by atoms with E-state index in [0.29, 0.717) is 24.4 Å². The van der Waals surface area contributed by atoms with Crippen molar-refractivity contribution < 1.29 is 17.9 Å². The smallest absolute Gasteiger partial charge is 0.245 e. The fourth-order valence-corrected chi connectivity index (χ4v) is 3.58. The lowest BCUT2D eigenvalue weighted by Gasteiger charge is -2.57. The number of hydrogen-bond donors (Lipinski definition) is 3. The van der Waals surface area contributed by atoms with Gasteiger partial charge >= 0.3 is 0 Å². The van der Waals surface area contributed by atoms with E-state index in [-0.39, 0.29) is 30.2 Å². The molecule has 2 rings (SSSR count). The lowest BCUT2D eigenvalue weighted by molar-refractivity contribution is -0.166. The van der Waals surface area contributed by atoms with Crippen molar-refractivity contribution >= 4 is 39.7 Å². The first-order chi connectivity index (χ1) is 11.6. The van der Waals surface area contributed by atoms with E-state index in [1.165, 1.54) is 0 Å². The third kappa shape index (κ3) is 4.31. The normalized spacial score (nSPS) is 24.1. The van der Waals surface area contributed by atoms with E-state index in [4.69, 9.17) is 10.5 Å². The zero-order valence-electron chi connectivity index (χ0n) is 15.5. The molecule has 1 aromatic rings. The first-order valence-corrected chi connectivity index (χ1v) is 10.0. The van der Waals surface area contributed by atoms with Crippen molar-refractivity contribution in [2.45, 2.75) is 45.8 Å². The number of halogens is 1. The van der Waals surface area contributed by atoms with E-state index in [1.807, 2.05) is 20.8 Å². The molecule has 0 radical (unpaired) electrons. The predicted octanol–water partition coefficient (Wildman–Crippen LogP) is 2.34. The number of carbonyl (C=O) groups excluding carboxylic acids is 1. The van der Waals surface area contributed by atoms with Gasteiger partial charge in [0.05, 0.1) is 11.9 Å². The Hall–Kier alpha value is -1.35. The average molecular weight is 406 g/mol. The predicted molar refractivity (Wildman–Crippen MR) is 106 cm³/mol. The van der Waals surface area contributed by atoms with Crippen molar-refractivity contribution in [2.75, 3.05) is 22.4 Å². The van der Waals surface area contributed by atoms with Gasteiger partial charge in [0.1, 0.15) is 5.54 Å². The second-order valence-electron chi connectivity index (χ2n) is 6.88. The van der Waals surface area contributed by atoms with Gasteiger partial charge in [0, 0.05) is 29.8 Å². The number of sulfonamides is 1. The van der Waals surface area contributed by atoms with Crippen LogP contribution in [-0.4, -0.2) is 38.3 Å². The maximum Gasteiger partial charge on any atom is 0.245 e. The first-order valence-electron chi connectivity index (χ1n) is 8.38. The van der Waals surface area contributed by atoms with Gasteiger partial charge < -0.3 is 15.8 Å². The molecule has 0 saturated heterocycles. The standard InChI is InChI=1S/C17H27N3O4S.ClH/c1-5-24-14-11-17(18,16(14,3)4)15(21)19-12-7-9-13(10-8-12)20-25(22,23)6-2;/h7-10,14,20H,5-6,11,18H2,1-4H3,(H,19,21);1H. The number of benzene rings is 1. The molecule has 4 N–H and O–H groups in total. The summed E-state index contributed by atoms with van der Waals surface area (Å²) in [7, 11) is -3.32. The Morgan fingerprint density at radius 3 is 2.23 bits per heavy atom. The highest BCUT2D eigenvalue weighted by atomic mass is 35.5. The maximum absolute atomic E-state index is 12.6. The molecule has 1 aliphatic carbocycles. The summed E-state index contributed by atoms with van der Waals surface area (Å²) >= 11 is 0. The molecule has 2 atom stereocenters. The van der Waals surface area contributed by atoms with Crippen molar-refractivity contribution in [1.29, 1.82) is 0 Å². The highest BCUT2D eigenvalue weighted by Gasteiger charge is 2.62. The van der Waals surface area contributed by atoms with Crippen LogP contribution in [0.5, 0.6) is 0 Å². The van der Waals surface area contributed by atoms with E-state index in [0.717, 1.165) is 0 Å². The van der Waals surface area contributed by atoms with Gasteiger partial charge in [0.2, 0.25) is 15.9 Å². The number of carbonyl (C=O) groups is 1. The molecule has 7 nitrogen and oxygen atoms in total. The fourth-order valence-electron chi connectivity index (χ4n) is 2.94. The summed E-state index contributed by atoms with van der Waals surface area (Å²) in [6, 6.07) is 6.47. The summed E-state index contributed by atoms with van der Waals surface area (Å²) in [5.74, 6) is -0.271. The van der Waals surface area contributed by atoms with Gasteiger partial charge in [-0.3, -0.25) is 9.52 Å². The molecule has 0 spiro atoms. The zero-order chi connectivity index (χ0) is 18.9. The van der Waals surface area contributed by atoms with Gasteiger partial charge in [0.15, 0.2) is 0 Å². The summed E-state index contributed by atoms with van der Waals surface area (Å²) in [6.45, 7) is 7.92. The number of nitrogens with two attached hydrogens (primary N) is 1. The Labute approximate surface area is 161 Å². The first kappa shape index (κ1) is 22.7. The number of nitrogens with one attached hydrogen (secondary N) is 2. The third-order valence-corrected chi connectivity index (χ3v) is 6.34. The lowest BCUT2D eigenvalue weighted by Crippen LogP contribution is -2.74. The Kier molecular flexibility index (Phi) is 7.09. The van der Waals surface area contributed by atoms with E-state index in [1.54, 1.807) is 31.2 Å². The molecular formula is C17H28ClN3O4S. The van der Waals surface area contributed by atoms with Crippen molar-refractivity contribution in [1.82, 2.24) is 0 Å². The van der Waals surface area contributed by atoms with Crippen molar-refractivity contribution in [3.8, 4) is 0 Å². The molecule has 1 aromatic carbocycles. The number of ether oxygens (including phenoxy) is 1. The Morgan fingerprint density at radius 2 is 1.77 bits per heavy atom. The SMILES string of the molecule is CCOC1CC(N)(C(=O)Nc2ccc(NS(=O)(=O)CC)cc2)C1(C)C.Cl. The van der Waals surface area contributed by atoms with Crippen molar-refractivity contribution in [2.24, 2.45) is 11.1 Å². The molecule has 0 bridgehead atoms. The minimum Gasteiger partial charge on any atom is -0.378 e. The number of rotatable bonds is 7. The molecule has 0 aromatic heterocycles. The summed E-state index contributed by atoms with van der Waals surface area (Å²) in [5, 5.41) is 2.81. The Bertz CT molecular complexity index is 737. The van der Waals surface area contributed by atoms with Crippen molar-refractivity contribution in [3.63, 3.8) is 0 Å². The van der Waals surface area contributed by atoms with Crippen LogP contribution in [0.4, 0.5) is 11.4 Å². The average Bonchev–Trinajstić information content (AvgIpc) is 2.56. The highest BCUT2D eigenvalue weighted by Crippen LogP contribution is 2.50. The summed E-state index contributed by atoms with van der Waals surface area (Å²) in [4.78, 5) is 12.6.